The molecular weight excluding hydrogens is 1140 g/mol. The summed E-state index contributed by atoms with van der Waals surface area (Å²) in [7, 11) is 0. The summed E-state index contributed by atoms with van der Waals surface area (Å²) in [6, 6.07) is -0.973. The molecule has 3 rings (SSSR count). The Balaban J connectivity index is 1.34. The number of carbonyl (C=O) groups is 1. The first-order valence-electron chi connectivity index (χ1n) is 34.7. The van der Waals surface area contributed by atoms with Gasteiger partial charge in [-0.05, 0) is 64.2 Å². The zero-order valence-corrected chi connectivity index (χ0v) is 54.4. The van der Waals surface area contributed by atoms with Gasteiger partial charge in [0.25, 0.3) is 0 Å². The highest BCUT2D eigenvalue weighted by atomic mass is 16.8. The Labute approximate surface area is 534 Å². The second-order valence-corrected chi connectivity index (χ2v) is 24.6. The first-order chi connectivity index (χ1) is 43.3. The Morgan fingerprint density at radius 2 is 0.775 bits per heavy atom. The number of rotatable bonds is 52. The number of aliphatic hydroxyl groups excluding tert-OH is 11. The summed E-state index contributed by atoms with van der Waals surface area (Å²) in [6.07, 6.45) is 37.6. The van der Waals surface area contributed by atoms with Gasteiger partial charge in [0.2, 0.25) is 5.91 Å². The molecule has 516 valence electrons. The zero-order valence-electron chi connectivity index (χ0n) is 54.4. The normalized spacial score (nSPS) is 28.7. The second kappa shape index (κ2) is 51.6. The first kappa shape index (κ1) is 80.5. The minimum absolute atomic E-state index is 0.242. The third-order valence-corrected chi connectivity index (χ3v) is 17.0. The molecule has 0 aliphatic carbocycles. The minimum atomic E-state index is -1.98. The van der Waals surface area contributed by atoms with E-state index in [1.54, 1.807) is 6.08 Å². The molecule has 0 spiro atoms. The van der Waals surface area contributed by atoms with Crippen LogP contribution in [0.2, 0.25) is 0 Å². The van der Waals surface area contributed by atoms with Crippen LogP contribution in [0, 0.1) is 0 Å². The number of aliphatic hydroxyl groups is 11. The molecule has 3 heterocycles. The maximum atomic E-state index is 13.4. The van der Waals surface area contributed by atoms with E-state index < -0.39 is 124 Å². The molecule has 3 aliphatic heterocycles. The van der Waals surface area contributed by atoms with Gasteiger partial charge in [-0.3, -0.25) is 4.79 Å². The monoisotopic (exact) mass is 1270 g/mol. The average molecular weight is 1270 g/mol. The Morgan fingerprint density at radius 3 is 1.21 bits per heavy atom. The van der Waals surface area contributed by atoms with Crippen molar-refractivity contribution in [1.29, 1.82) is 0 Å². The van der Waals surface area contributed by atoms with E-state index in [1.165, 1.54) is 128 Å². The first-order valence-corrected chi connectivity index (χ1v) is 34.7. The second-order valence-electron chi connectivity index (χ2n) is 24.6. The molecule has 19 nitrogen and oxygen atoms in total. The van der Waals surface area contributed by atoms with E-state index in [1.807, 2.05) is 6.08 Å². The van der Waals surface area contributed by atoms with E-state index in [-0.39, 0.29) is 18.9 Å². The number of carbonyl (C=O) groups excluding carboxylic acids is 1. The number of hydrogen-bond donors (Lipinski definition) is 12. The summed E-state index contributed by atoms with van der Waals surface area (Å²) in [6.45, 7) is 1.59. The van der Waals surface area contributed by atoms with Crippen molar-refractivity contribution in [2.24, 2.45) is 0 Å². The number of amides is 1. The predicted octanol–water partition coefficient (Wildman–Crippen LogP) is 8.94. The Kier molecular flexibility index (Phi) is 46.7. The molecule has 0 aromatic rings. The lowest BCUT2D eigenvalue weighted by Gasteiger charge is -2.48. The van der Waals surface area contributed by atoms with Gasteiger partial charge in [0, 0.05) is 6.42 Å². The molecule has 12 N–H and O–H groups in total. The van der Waals surface area contributed by atoms with Crippen molar-refractivity contribution in [2.75, 3.05) is 26.4 Å². The van der Waals surface area contributed by atoms with E-state index in [2.05, 4.69) is 79.9 Å². The summed E-state index contributed by atoms with van der Waals surface area (Å²) in [5, 5.41) is 120. The van der Waals surface area contributed by atoms with E-state index in [9.17, 15) is 61.0 Å². The molecule has 0 aromatic carbocycles. The van der Waals surface area contributed by atoms with Gasteiger partial charge in [-0.1, -0.05) is 234 Å². The van der Waals surface area contributed by atoms with Gasteiger partial charge in [-0.15, -0.1) is 0 Å². The summed E-state index contributed by atoms with van der Waals surface area (Å²) < 4.78 is 34.3. The van der Waals surface area contributed by atoms with Crippen LogP contribution in [0.3, 0.4) is 0 Å². The molecule has 89 heavy (non-hydrogen) atoms. The number of hydrogen-bond acceptors (Lipinski definition) is 18. The highest BCUT2D eigenvalue weighted by Crippen LogP contribution is 2.33. The highest BCUT2D eigenvalue weighted by Gasteiger charge is 2.53. The number of unbranched alkanes of at least 4 members (excludes halogenated alkanes) is 26. The fourth-order valence-electron chi connectivity index (χ4n) is 11.4. The fourth-order valence-corrected chi connectivity index (χ4v) is 11.4. The van der Waals surface area contributed by atoms with Crippen molar-refractivity contribution in [3.8, 4) is 0 Å². The van der Waals surface area contributed by atoms with Crippen LogP contribution in [0.5, 0.6) is 0 Å². The zero-order chi connectivity index (χ0) is 64.7. The number of ether oxygens (including phenoxy) is 6. The lowest BCUT2D eigenvalue weighted by atomic mass is 9.96. The van der Waals surface area contributed by atoms with Crippen LogP contribution >= 0.6 is 0 Å². The largest absolute Gasteiger partial charge is 0.394 e. The quantitative estimate of drug-likeness (QED) is 0.0200. The number of allylic oxidation sites excluding steroid dienone is 11. The van der Waals surface area contributed by atoms with Crippen molar-refractivity contribution in [3.05, 3.63) is 72.9 Å². The third kappa shape index (κ3) is 33.8. The van der Waals surface area contributed by atoms with Gasteiger partial charge < -0.3 is 89.9 Å². The molecule has 3 aliphatic rings. The van der Waals surface area contributed by atoms with Crippen molar-refractivity contribution in [3.63, 3.8) is 0 Å². The predicted molar refractivity (Wildman–Crippen MR) is 346 cm³/mol. The van der Waals surface area contributed by atoms with Crippen LogP contribution in [0.15, 0.2) is 72.9 Å². The molecule has 0 radical (unpaired) electrons. The van der Waals surface area contributed by atoms with Crippen LogP contribution in [0.4, 0.5) is 0 Å². The molecule has 3 saturated heterocycles. The maximum Gasteiger partial charge on any atom is 0.220 e. The van der Waals surface area contributed by atoms with E-state index in [4.69, 9.17) is 28.4 Å². The third-order valence-electron chi connectivity index (χ3n) is 17.0. The molecule has 19 heteroatoms. The Morgan fingerprint density at radius 1 is 0.416 bits per heavy atom. The van der Waals surface area contributed by atoms with Crippen LogP contribution in [-0.4, -0.2) is 193 Å². The van der Waals surface area contributed by atoms with Crippen molar-refractivity contribution in [1.82, 2.24) is 5.32 Å². The van der Waals surface area contributed by atoms with Gasteiger partial charge in [-0.2, -0.15) is 0 Å². The summed E-state index contributed by atoms with van der Waals surface area (Å²) in [5.41, 5.74) is 0. The van der Waals surface area contributed by atoms with Crippen molar-refractivity contribution in [2.45, 2.75) is 336 Å². The summed E-state index contributed by atoms with van der Waals surface area (Å²) >= 11 is 0. The van der Waals surface area contributed by atoms with Gasteiger partial charge in [-0.25, -0.2) is 0 Å². The molecule has 17 atom stereocenters. The van der Waals surface area contributed by atoms with Gasteiger partial charge >= 0.3 is 0 Å². The van der Waals surface area contributed by atoms with E-state index in [0.717, 1.165) is 77.0 Å². The van der Waals surface area contributed by atoms with Crippen molar-refractivity contribution < 1.29 is 89.4 Å². The van der Waals surface area contributed by atoms with Gasteiger partial charge in [0.15, 0.2) is 18.9 Å². The lowest BCUT2D eigenvalue weighted by Crippen LogP contribution is -2.66. The van der Waals surface area contributed by atoms with Crippen LogP contribution in [0.25, 0.3) is 0 Å². The summed E-state index contributed by atoms with van der Waals surface area (Å²) in [4.78, 5) is 13.4. The standard InChI is InChI=1S/C70H123NO18/c1-3-5-7-9-11-13-15-16-17-18-19-20-21-22-23-24-25-26-27-28-29-30-31-32-33-34-35-36-38-40-42-44-46-48-58(76)71-53(54(75)47-45-43-41-39-37-14-12-10-8-6-4-2)52-84-68-64(82)61(79)66(56(50-73)86-68)89-70-65(83)62(80)67(57(51-74)87-70)88-69-63(81)60(78)59(77)55(49-72)85-69/h5,7,11,13,16-17,19-20,22-23,45,47,53-57,59-70,72-75,77-83H,3-4,6,8-10,12,14-15,18,21,24-44,46,48-52H2,1-2H3,(H,71,76)/b7-5-,13-11-,17-16-,20-19-,23-22-,47-45+. The maximum absolute atomic E-state index is 13.4. The van der Waals surface area contributed by atoms with Crippen LogP contribution in [-0.2, 0) is 33.2 Å². The van der Waals surface area contributed by atoms with Gasteiger partial charge in [0.05, 0.1) is 38.6 Å². The summed E-state index contributed by atoms with van der Waals surface area (Å²) in [5.74, 6) is -0.278. The van der Waals surface area contributed by atoms with Crippen molar-refractivity contribution >= 4 is 5.91 Å². The van der Waals surface area contributed by atoms with Gasteiger partial charge in [0.1, 0.15) is 73.2 Å². The average Bonchev–Trinajstić information content (AvgIpc) is 1.33. The fraction of sp³-hybridized carbons (Fsp3) is 0.814. The van der Waals surface area contributed by atoms with Crippen LogP contribution in [0.1, 0.15) is 232 Å². The SMILES string of the molecule is CC/C=C\C/C=C\C/C=C\C/C=C\C/C=C\CCCCCCCCCCCCCCCCCCCC(=O)NC(COC1OC(CO)C(OC2OC(CO)C(OC3OC(CO)C(O)C(O)C3O)C(O)C2O)C(O)C1O)C(O)/C=C/CCCCCCCCCCC. The van der Waals surface area contributed by atoms with E-state index >= 15 is 0 Å². The molecule has 0 aromatic heterocycles. The molecule has 17 unspecified atom stereocenters. The molecule has 0 bridgehead atoms. The lowest BCUT2D eigenvalue weighted by molar-refractivity contribution is -0.379. The molecular formula is C70H123NO18. The Hall–Kier alpha value is -2.77. The Bertz CT molecular complexity index is 1900. The molecule has 3 fully saturated rings. The molecule has 1 amide bonds. The topological polar surface area (TPSA) is 307 Å². The number of nitrogens with one attached hydrogen (secondary N) is 1. The smallest absolute Gasteiger partial charge is 0.220 e. The van der Waals surface area contributed by atoms with E-state index in [0.29, 0.717) is 6.42 Å². The minimum Gasteiger partial charge on any atom is -0.394 e. The molecule has 0 saturated carbocycles. The highest BCUT2D eigenvalue weighted by molar-refractivity contribution is 5.76. The van der Waals surface area contributed by atoms with Crippen LogP contribution < -0.4 is 5.32 Å².